The van der Waals surface area contributed by atoms with Crippen LogP contribution < -0.4 is 4.74 Å². The van der Waals surface area contributed by atoms with E-state index in [0.29, 0.717) is 6.61 Å². The van der Waals surface area contributed by atoms with Gasteiger partial charge in [-0.2, -0.15) is 0 Å². The fourth-order valence-corrected chi connectivity index (χ4v) is 2.70. The molecule has 0 spiro atoms. The molecule has 124 valence electrons. The van der Waals surface area contributed by atoms with Crippen molar-refractivity contribution in [1.29, 1.82) is 0 Å². The third-order valence-electron chi connectivity index (χ3n) is 3.85. The van der Waals surface area contributed by atoms with Crippen LogP contribution >= 0.6 is 0 Å². The average Bonchev–Trinajstić information content (AvgIpc) is 2.93. The molecular formula is C19H20N2O3. The lowest BCUT2D eigenvalue weighted by atomic mass is 10.1. The number of nitrogens with zero attached hydrogens (tertiary/aromatic N) is 2. The normalized spacial score (nSPS) is 10.8. The van der Waals surface area contributed by atoms with Gasteiger partial charge in [0.2, 0.25) is 0 Å². The number of pyridine rings is 1. The third kappa shape index (κ3) is 3.11. The number of hydrogen-bond donors (Lipinski definition) is 0. The molecule has 0 aliphatic rings. The first-order valence-electron chi connectivity index (χ1n) is 7.90. The van der Waals surface area contributed by atoms with Gasteiger partial charge in [-0.15, -0.1) is 0 Å². The Hall–Kier alpha value is -2.82. The second kappa shape index (κ2) is 6.74. The Kier molecular flexibility index (Phi) is 4.51. The first kappa shape index (κ1) is 16.1. The quantitative estimate of drug-likeness (QED) is 0.533. The third-order valence-corrected chi connectivity index (χ3v) is 3.85. The van der Waals surface area contributed by atoms with Gasteiger partial charge in [-0.3, -0.25) is 4.79 Å². The molecular weight excluding hydrogens is 305 g/mol. The van der Waals surface area contributed by atoms with E-state index in [1.165, 1.54) is 0 Å². The van der Waals surface area contributed by atoms with Crippen LogP contribution in [0.1, 0.15) is 18.2 Å². The molecule has 0 N–H and O–H groups in total. The molecule has 3 aromatic rings. The summed E-state index contributed by atoms with van der Waals surface area (Å²) in [5.41, 5.74) is 4.47. The summed E-state index contributed by atoms with van der Waals surface area (Å²) in [7, 11) is 1.63. The average molecular weight is 325 g/mol. The van der Waals surface area contributed by atoms with Gasteiger partial charge in [-0.05, 0) is 49.7 Å². The summed E-state index contributed by atoms with van der Waals surface area (Å²) in [4.78, 5) is 16.7. The lowest BCUT2D eigenvalue weighted by Crippen LogP contribution is -2.10. The van der Waals surface area contributed by atoms with E-state index >= 15 is 0 Å². The van der Waals surface area contributed by atoms with Gasteiger partial charge in [0.25, 0.3) is 0 Å². The van der Waals surface area contributed by atoms with E-state index in [1.54, 1.807) is 14.0 Å². The van der Waals surface area contributed by atoms with Crippen molar-refractivity contribution >= 4 is 11.6 Å². The van der Waals surface area contributed by atoms with Crippen LogP contribution in [0.4, 0.5) is 0 Å². The van der Waals surface area contributed by atoms with Crippen LogP contribution in [0.5, 0.6) is 5.75 Å². The van der Waals surface area contributed by atoms with Crippen molar-refractivity contribution in [3.63, 3.8) is 0 Å². The van der Waals surface area contributed by atoms with Crippen LogP contribution in [0.25, 0.3) is 16.9 Å². The summed E-state index contributed by atoms with van der Waals surface area (Å²) in [6.07, 6.45) is 2.17. The molecule has 0 fully saturated rings. The number of methoxy groups -OCH3 is 1. The van der Waals surface area contributed by atoms with E-state index in [1.807, 2.05) is 53.9 Å². The van der Waals surface area contributed by atoms with Crippen molar-refractivity contribution in [2.24, 2.45) is 0 Å². The number of carbonyl (C=O) groups is 1. The molecule has 0 amide bonds. The van der Waals surface area contributed by atoms with Crippen molar-refractivity contribution in [2.45, 2.75) is 20.3 Å². The fraction of sp³-hybridized carbons (Fsp3) is 0.263. The van der Waals surface area contributed by atoms with Gasteiger partial charge in [0, 0.05) is 11.8 Å². The van der Waals surface area contributed by atoms with E-state index in [4.69, 9.17) is 14.5 Å². The van der Waals surface area contributed by atoms with Crippen molar-refractivity contribution in [3.05, 3.63) is 53.9 Å². The molecule has 0 saturated heterocycles. The number of fused-ring (bicyclic) bond motifs is 1. The molecule has 5 nitrogen and oxygen atoms in total. The van der Waals surface area contributed by atoms with Crippen molar-refractivity contribution in [2.75, 3.05) is 13.7 Å². The minimum atomic E-state index is -0.254. The number of aromatic nitrogens is 2. The SMILES string of the molecule is CCO[13C](=O)Cc1c(-c2ccc(OC)cc2)nc2ccc(C)cn12. The van der Waals surface area contributed by atoms with Gasteiger partial charge in [-0.1, -0.05) is 6.07 Å². The van der Waals surface area contributed by atoms with Gasteiger partial charge in [0.05, 0.1) is 31.5 Å². The summed E-state index contributed by atoms with van der Waals surface area (Å²) in [5, 5.41) is 0. The molecule has 1 aromatic carbocycles. The Bertz CT molecular complexity index is 866. The van der Waals surface area contributed by atoms with Crippen LogP contribution in [0.15, 0.2) is 42.6 Å². The van der Waals surface area contributed by atoms with Crippen LogP contribution in [0.3, 0.4) is 0 Å². The Morgan fingerprint density at radius 3 is 2.58 bits per heavy atom. The van der Waals surface area contributed by atoms with Crippen molar-refractivity contribution in [1.82, 2.24) is 9.38 Å². The molecule has 0 atom stereocenters. The lowest BCUT2D eigenvalue weighted by molar-refractivity contribution is -0.142. The molecule has 0 unspecified atom stereocenters. The van der Waals surface area contributed by atoms with Crippen LogP contribution in [-0.2, 0) is 16.0 Å². The molecule has 2 aromatic heterocycles. The topological polar surface area (TPSA) is 52.8 Å². The number of carbonyl (C=O) groups excluding carboxylic acids is 1. The number of imidazole rings is 1. The fourth-order valence-electron chi connectivity index (χ4n) is 2.70. The van der Waals surface area contributed by atoms with Crippen LogP contribution in [-0.4, -0.2) is 29.1 Å². The lowest BCUT2D eigenvalue weighted by Gasteiger charge is -2.07. The summed E-state index contributed by atoms with van der Waals surface area (Å²) in [5.74, 6) is 0.529. The van der Waals surface area contributed by atoms with Crippen molar-refractivity contribution < 1.29 is 14.3 Å². The van der Waals surface area contributed by atoms with E-state index in [9.17, 15) is 4.79 Å². The highest BCUT2D eigenvalue weighted by molar-refractivity contribution is 5.77. The first-order valence-corrected chi connectivity index (χ1v) is 7.90. The zero-order chi connectivity index (χ0) is 17.1. The number of ether oxygens (including phenoxy) is 2. The van der Waals surface area contributed by atoms with E-state index < -0.39 is 0 Å². The van der Waals surface area contributed by atoms with Crippen LogP contribution in [0, 0.1) is 6.92 Å². The molecule has 0 radical (unpaired) electrons. The predicted octanol–water partition coefficient (Wildman–Crippen LogP) is 3.42. The standard InChI is InChI=1S/C19H20N2O3/c1-4-24-18(22)11-16-19(14-6-8-15(23-3)9-7-14)20-17-10-5-13(2)12-21(16)17/h5-10,12H,4,11H2,1-3H3/i18+1. The summed E-state index contributed by atoms with van der Waals surface area (Å²) >= 11 is 0. The van der Waals surface area contributed by atoms with E-state index in [0.717, 1.165) is 33.9 Å². The summed E-state index contributed by atoms with van der Waals surface area (Å²) in [6.45, 7) is 4.19. The second-order valence-electron chi connectivity index (χ2n) is 5.55. The molecule has 0 aliphatic carbocycles. The van der Waals surface area contributed by atoms with Crippen molar-refractivity contribution in [3.8, 4) is 17.0 Å². The maximum absolute atomic E-state index is 12.0. The molecule has 24 heavy (non-hydrogen) atoms. The van der Waals surface area contributed by atoms with E-state index in [2.05, 4.69) is 0 Å². The smallest absolute Gasteiger partial charge is 0.311 e. The van der Waals surface area contributed by atoms with Gasteiger partial charge in [0.1, 0.15) is 11.4 Å². The zero-order valence-corrected chi connectivity index (χ0v) is 14.1. The molecule has 0 saturated carbocycles. The predicted molar refractivity (Wildman–Crippen MR) is 92.3 cm³/mol. The van der Waals surface area contributed by atoms with Gasteiger partial charge >= 0.3 is 5.97 Å². The van der Waals surface area contributed by atoms with Crippen LogP contribution in [0.2, 0.25) is 0 Å². The Labute approximate surface area is 140 Å². The monoisotopic (exact) mass is 325 g/mol. The number of aryl methyl sites for hydroxylation is 1. The maximum atomic E-state index is 12.0. The Balaban J connectivity index is 2.12. The first-order chi connectivity index (χ1) is 11.6. The second-order valence-corrected chi connectivity index (χ2v) is 5.55. The summed E-state index contributed by atoms with van der Waals surface area (Å²) < 4.78 is 12.3. The highest BCUT2D eigenvalue weighted by Crippen LogP contribution is 2.27. The minimum Gasteiger partial charge on any atom is -0.497 e. The summed E-state index contributed by atoms with van der Waals surface area (Å²) in [6, 6.07) is 11.6. The van der Waals surface area contributed by atoms with Gasteiger partial charge in [-0.25, -0.2) is 4.98 Å². The van der Waals surface area contributed by atoms with Gasteiger partial charge in [0.15, 0.2) is 0 Å². The zero-order valence-electron chi connectivity index (χ0n) is 14.1. The largest absolute Gasteiger partial charge is 0.497 e. The molecule has 0 bridgehead atoms. The molecule has 5 heteroatoms. The molecule has 0 aliphatic heterocycles. The maximum Gasteiger partial charge on any atom is 0.311 e. The highest BCUT2D eigenvalue weighted by Gasteiger charge is 2.17. The number of hydrogen-bond acceptors (Lipinski definition) is 4. The number of rotatable bonds is 5. The highest BCUT2D eigenvalue weighted by atomic mass is 16.6. The number of benzene rings is 1. The molecule has 2 heterocycles. The Morgan fingerprint density at radius 2 is 1.92 bits per heavy atom. The van der Waals surface area contributed by atoms with E-state index in [-0.39, 0.29) is 12.4 Å². The Morgan fingerprint density at radius 1 is 1.17 bits per heavy atom. The number of esters is 1. The van der Waals surface area contributed by atoms with Gasteiger partial charge < -0.3 is 13.9 Å². The minimum absolute atomic E-state index is 0.180. The molecule has 3 rings (SSSR count).